The Kier molecular flexibility index (Phi) is 2.55. The number of benzene rings is 1. The number of aromatic hydroxyl groups is 1. The predicted molar refractivity (Wildman–Crippen MR) is 58.3 cm³/mol. The van der Waals surface area contributed by atoms with E-state index in [1.807, 2.05) is 0 Å². The number of nitrogens with one attached hydrogen (secondary N) is 2. The summed E-state index contributed by atoms with van der Waals surface area (Å²) in [6.07, 6.45) is 1.27. The van der Waals surface area contributed by atoms with Gasteiger partial charge in [-0.25, -0.2) is 4.39 Å². The SMILES string of the molecule is CNC(=O)C(=O)c1c[nH]c2ccc(F)c(O)c12. The predicted octanol–water partition coefficient (Wildman–Crippen LogP) is 0.941. The average Bonchev–Trinajstić information content (AvgIpc) is 2.76. The topological polar surface area (TPSA) is 82.2 Å². The van der Waals surface area contributed by atoms with Crippen LogP contribution in [0.2, 0.25) is 0 Å². The number of Topliss-reactive ketones (excluding diaryl/α,β-unsaturated/α-hetero) is 1. The number of H-pyrrole nitrogens is 1. The summed E-state index contributed by atoms with van der Waals surface area (Å²) in [7, 11) is 1.31. The number of fused-ring (bicyclic) bond motifs is 1. The maximum absolute atomic E-state index is 13.2. The fourth-order valence-electron chi connectivity index (χ4n) is 1.60. The van der Waals surface area contributed by atoms with E-state index >= 15 is 0 Å². The molecule has 3 N–H and O–H groups in total. The Hall–Kier alpha value is -2.37. The number of halogens is 1. The monoisotopic (exact) mass is 236 g/mol. The molecule has 5 nitrogen and oxygen atoms in total. The Morgan fingerprint density at radius 1 is 1.41 bits per heavy atom. The lowest BCUT2D eigenvalue weighted by Crippen LogP contribution is -2.27. The molecule has 2 rings (SSSR count). The molecule has 0 aliphatic rings. The number of phenolic OH excluding ortho intramolecular Hbond substituents is 1. The number of hydrogen-bond donors (Lipinski definition) is 3. The number of amides is 1. The molecule has 0 radical (unpaired) electrons. The van der Waals surface area contributed by atoms with Crippen molar-refractivity contribution in [3.05, 3.63) is 29.7 Å². The van der Waals surface area contributed by atoms with Gasteiger partial charge in [0.15, 0.2) is 11.6 Å². The van der Waals surface area contributed by atoms with Crippen LogP contribution < -0.4 is 5.32 Å². The molecule has 0 saturated carbocycles. The molecule has 1 aromatic carbocycles. The van der Waals surface area contributed by atoms with E-state index in [1.54, 1.807) is 0 Å². The van der Waals surface area contributed by atoms with Crippen LogP contribution in [0, 0.1) is 5.82 Å². The molecule has 0 spiro atoms. The Morgan fingerprint density at radius 2 is 2.12 bits per heavy atom. The fraction of sp³-hybridized carbons (Fsp3) is 0.0909. The molecular formula is C11H9FN2O3. The maximum atomic E-state index is 13.2. The summed E-state index contributed by atoms with van der Waals surface area (Å²) >= 11 is 0. The van der Waals surface area contributed by atoms with Crippen LogP contribution in [0.3, 0.4) is 0 Å². The van der Waals surface area contributed by atoms with Gasteiger partial charge in [-0.3, -0.25) is 9.59 Å². The molecule has 0 fully saturated rings. The molecule has 17 heavy (non-hydrogen) atoms. The largest absolute Gasteiger partial charge is 0.504 e. The minimum absolute atomic E-state index is 0.0126. The third kappa shape index (κ3) is 1.63. The number of carbonyl (C=O) groups is 2. The van der Waals surface area contributed by atoms with Crippen molar-refractivity contribution in [3.8, 4) is 5.75 Å². The summed E-state index contributed by atoms with van der Waals surface area (Å²) in [4.78, 5) is 25.5. The van der Waals surface area contributed by atoms with Crippen molar-refractivity contribution in [2.24, 2.45) is 0 Å². The van der Waals surface area contributed by atoms with Gasteiger partial charge in [0.2, 0.25) is 0 Å². The highest BCUT2D eigenvalue weighted by atomic mass is 19.1. The lowest BCUT2D eigenvalue weighted by atomic mass is 10.1. The average molecular weight is 236 g/mol. The quantitative estimate of drug-likeness (QED) is 0.536. The molecule has 0 aliphatic carbocycles. The number of rotatable bonds is 2. The minimum atomic E-state index is -0.844. The van der Waals surface area contributed by atoms with E-state index < -0.39 is 23.3 Å². The molecule has 1 heterocycles. The van der Waals surface area contributed by atoms with Gasteiger partial charge < -0.3 is 15.4 Å². The smallest absolute Gasteiger partial charge is 0.292 e. The number of phenols is 1. The molecule has 0 aliphatic heterocycles. The minimum Gasteiger partial charge on any atom is -0.504 e. The zero-order chi connectivity index (χ0) is 12.6. The van der Waals surface area contributed by atoms with Crippen LogP contribution in [0.15, 0.2) is 18.3 Å². The maximum Gasteiger partial charge on any atom is 0.292 e. The first-order valence-electron chi connectivity index (χ1n) is 4.81. The lowest BCUT2D eigenvalue weighted by Gasteiger charge is -2.00. The molecule has 0 unspecified atom stereocenters. The molecule has 2 aromatic rings. The molecule has 0 atom stereocenters. The van der Waals surface area contributed by atoms with Gasteiger partial charge in [0.05, 0.1) is 16.5 Å². The summed E-state index contributed by atoms with van der Waals surface area (Å²) in [5.74, 6) is -3.15. The van der Waals surface area contributed by atoms with E-state index in [9.17, 15) is 19.1 Å². The second-order valence-corrected chi connectivity index (χ2v) is 3.43. The number of likely N-dealkylation sites (N-methyl/N-ethyl adjacent to an activating group) is 1. The van der Waals surface area contributed by atoms with Crippen molar-refractivity contribution in [2.75, 3.05) is 7.05 Å². The molecular weight excluding hydrogens is 227 g/mol. The van der Waals surface area contributed by atoms with Crippen LogP contribution in [0.1, 0.15) is 10.4 Å². The summed E-state index contributed by atoms with van der Waals surface area (Å²) in [5.41, 5.74) is 0.326. The first kappa shape index (κ1) is 11.1. The van der Waals surface area contributed by atoms with Gasteiger partial charge >= 0.3 is 0 Å². The van der Waals surface area contributed by atoms with Crippen LogP contribution >= 0.6 is 0 Å². The molecule has 1 aromatic heterocycles. The van der Waals surface area contributed by atoms with Gasteiger partial charge in [0, 0.05) is 13.2 Å². The number of aromatic nitrogens is 1. The van der Waals surface area contributed by atoms with Gasteiger partial charge in [-0.2, -0.15) is 0 Å². The van der Waals surface area contributed by atoms with Crippen LogP contribution in [0.5, 0.6) is 5.75 Å². The first-order chi connectivity index (χ1) is 8.06. The molecule has 1 amide bonds. The van der Waals surface area contributed by atoms with Gasteiger partial charge in [-0.1, -0.05) is 0 Å². The molecule has 0 saturated heterocycles. The van der Waals surface area contributed by atoms with E-state index in [1.165, 1.54) is 19.3 Å². The zero-order valence-corrected chi connectivity index (χ0v) is 8.87. The van der Waals surface area contributed by atoms with E-state index in [4.69, 9.17) is 0 Å². The third-order valence-electron chi connectivity index (χ3n) is 2.45. The Labute approximate surface area is 95.2 Å². The second-order valence-electron chi connectivity index (χ2n) is 3.43. The third-order valence-corrected chi connectivity index (χ3v) is 2.45. The van der Waals surface area contributed by atoms with Crippen molar-refractivity contribution in [2.45, 2.75) is 0 Å². The van der Waals surface area contributed by atoms with Crippen molar-refractivity contribution in [1.29, 1.82) is 0 Å². The highest BCUT2D eigenvalue weighted by molar-refractivity contribution is 6.45. The van der Waals surface area contributed by atoms with Crippen molar-refractivity contribution in [3.63, 3.8) is 0 Å². The highest BCUT2D eigenvalue weighted by Crippen LogP contribution is 2.30. The summed E-state index contributed by atoms with van der Waals surface area (Å²) in [5, 5.41) is 11.7. The summed E-state index contributed by atoms with van der Waals surface area (Å²) in [6, 6.07) is 2.45. The highest BCUT2D eigenvalue weighted by Gasteiger charge is 2.21. The van der Waals surface area contributed by atoms with E-state index in [2.05, 4.69) is 10.3 Å². The standard InChI is InChI=1S/C11H9FN2O3/c1-13-11(17)9(15)5-4-14-7-3-2-6(12)10(16)8(5)7/h2-4,14,16H,1H3,(H,13,17). The van der Waals surface area contributed by atoms with Crippen LogP contribution in [0.4, 0.5) is 4.39 Å². The van der Waals surface area contributed by atoms with Crippen LogP contribution in [0.25, 0.3) is 10.9 Å². The summed E-state index contributed by atoms with van der Waals surface area (Å²) in [6.45, 7) is 0. The Morgan fingerprint density at radius 3 is 2.76 bits per heavy atom. The lowest BCUT2D eigenvalue weighted by molar-refractivity contribution is -0.116. The molecule has 88 valence electrons. The van der Waals surface area contributed by atoms with E-state index in [0.29, 0.717) is 5.52 Å². The molecule has 6 heteroatoms. The van der Waals surface area contributed by atoms with E-state index in [-0.39, 0.29) is 10.9 Å². The number of ketones is 1. The summed E-state index contributed by atoms with van der Waals surface area (Å²) < 4.78 is 13.2. The zero-order valence-electron chi connectivity index (χ0n) is 8.87. The number of hydrogen-bond acceptors (Lipinski definition) is 3. The van der Waals surface area contributed by atoms with Gasteiger partial charge in [-0.15, -0.1) is 0 Å². The van der Waals surface area contributed by atoms with Gasteiger partial charge in [-0.05, 0) is 12.1 Å². The Bertz CT molecular complexity index is 618. The fourth-order valence-corrected chi connectivity index (χ4v) is 1.60. The number of carbonyl (C=O) groups excluding carboxylic acids is 2. The Balaban J connectivity index is 2.67. The second kappa shape index (κ2) is 3.89. The number of aromatic amines is 1. The van der Waals surface area contributed by atoms with Crippen molar-refractivity contribution in [1.82, 2.24) is 10.3 Å². The van der Waals surface area contributed by atoms with E-state index in [0.717, 1.165) is 6.07 Å². The van der Waals surface area contributed by atoms with Crippen molar-refractivity contribution < 1.29 is 19.1 Å². The first-order valence-corrected chi connectivity index (χ1v) is 4.81. The normalized spacial score (nSPS) is 10.5. The van der Waals surface area contributed by atoms with Crippen molar-refractivity contribution >= 4 is 22.6 Å². The van der Waals surface area contributed by atoms with Crippen LogP contribution in [-0.4, -0.2) is 28.8 Å². The van der Waals surface area contributed by atoms with Gasteiger partial charge in [0.25, 0.3) is 11.7 Å². The van der Waals surface area contributed by atoms with Crippen LogP contribution in [-0.2, 0) is 4.79 Å². The molecule has 0 bridgehead atoms. The van der Waals surface area contributed by atoms with Gasteiger partial charge in [0.1, 0.15) is 0 Å².